The van der Waals surface area contributed by atoms with E-state index in [0.29, 0.717) is 19.5 Å². The Bertz CT molecular complexity index is 367. The zero-order chi connectivity index (χ0) is 11.5. The summed E-state index contributed by atoms with van der Waals surface area (Å²) in [4.78, 5) is 13.6. The number of β-amino-alcohol motifs (C(OH)–C–C–N with tert-alkyl or cyclic N) is 1. The highest BCUT2D eigenvalue weighted by Crippen LogP contribution is 2.17. The van der Waals surface area contributed by atoms with Gasteiger partial charge in [-0.15, -0.1) is 0 Å². The smallest absolute Gasteiger partial charge is 0.244 e. The summed E-state index contributed by atoms with van der Waals surface area (Å²) < 4.78 is 0. The number of rotatable bonds is 2. The Labute approximate surface area is 94.7 Å². The van der Waals surface area contributed by atoms with Crippen molar-refractivity contribution in [1.29, 1.82) is 0 Å². The first kappa shape index (κ1) is 11.1. The predicted octanol–water partition coefficient (Wildman–Crippen LogP) is 0.280. The minimum absolute atomic E-state index is 0.109. The standard InChI is InChI=1S/C12H16N2O2/c13-11(9-4-2-1-3-5-9)12(16)14-7-6-10(15)8-14/h1-5,10-11,15H,6-8,13H2/t10-,11-/m0/s1. The Morgan fingerprint density at radius 3 is 2.69 bits per heavy atom. The molecule has 1 heterocycles. The van der Waals surface area contributed by atoms with E-state index in [4.69, 9.17) is 5.73 Å². The maximum absolute atomic E-state index is 12.0. The monoisotopic (exact) mass is 220 g/mol. The van der Waals surface area contributed by atoms with Gasteiger partial charge in [-0.2, -0.15) is 0 Å². The minimum atomic E-state index is -0.619. The summed E-state index contributed by atoms with van der Waals surface area (Å²) in [5.41, 5.74) is 6.70. The molecule has 1 aromatic rings. The van der Waals surface area contributed by atoms with Crippen molar-refractivity contribution in [2.75, 3.05) is 13.1 Å². The molecule has 3 N–H and O–H groups in total. The number of aliphatic hydroxyl groups is 1. The molecule has 1 aromatic carbocycles. The molecule has 0 unspecified atom stereocenters. The largest absolute Gasteiger partial charge is 0.391 e. The van der Waals surface area contributed by atoms with Crippen molar-refractivity contribution >= 4 is 5.91 Å². The average molecular weight is 220 g/mol. The van der Waals surface area contributed by atoms with E-state index in [1.807, 2.05) is 30.3 Å². The number of benzene rings is 1. The normalized spacial score (nSPS) is 22.1. The van der Waals surface area contributed by atoms with Gasteiger partial charge in [-0.1, -0.05) is 30.3 Å². The second-order valence-corrected chi connectivity index (χ2v) is 4.12. The van der Waals surface area contributed by atoms with E-state index in [2.05, 4.69) is 0 Å². The Morgan fingerprint density at radius 1 is 1.44 bits per heavy atom. The first-order valence-corrected chi connectivity index (χ1v) is 5.46. The SMILES string of the molecule is N[C@H](C(=O)N1CC[C@H](O)C1)c1ccccc1. The number of hydrogen-bond acceptors (Lipinski definition) is 3. The molecule has 1 aliphatic rings. The van der Waals surface area contributed by atoms with Gasteiger partial charge in [-0.25, -0.2) is 0 Å². The molecule has 1 aliphatic heterocycles. The van der Waals surface area contributed by atoms with Crippen LogP contribution in [-0.4, -0.2) is 35.1 Å². The minimum Gasteiger partial charge on any atom is -0.391 e. The maximum Gasteiger partial charge on any atom is 0.244 e. The molecule has 4 nitrogen and oxygen atoms in total. The molecule has 16 heavy (non-hydrogen) atoms. The zero-order valence-electron chi connectivity index (χ0n) is 9.04. The van der Waals surface area contributed by atoms with Crippen LogP contribution in [0.2, 0.25) is 0 Å². The van der Waals surface area contributed by atoms with Crippen LogP contribution in [0.1, 0.15) is 18.0 Å². The number of carbonyl (C=O) groups excluding carboxylic acids is 1. The Balaban J connectivity index is 2.05. The molecule has 0 saturated carbocycles. The molecule has 1 saturated heterocycles. The van der Waals surface area contributed by atoms with Crippen LogP contribution < -0.4 is 5.73 Å². The zero-order valence-corrected chi connectivity index (χ0v) is 9.04. The van der Waals surface area contributed by atoms with Crippen molar-refractivity contribution in [3.63, 3.8) is 0 Å². The molecular formula is C12H16N2O2. The Kier molecular flexibility index (Phi) is 3.22. The van der Waals surface area contributed by atoms with Crippen LogP contribution in [0.5, 0.6) is 0 Å². The molecule has 86 valence electrons. The lowest BCUT2D eigenvalue weighted by atomic mass is 10.1. The molecule has 1 amide bonds. The summed E-state index contributed by atoms with van der Waals surface area (Å²) in [6.07, 6.45) is 0.250. The number of aliphatic hydroxyl groups excluding tert-OH is 1. The Hall–Kier alpha value is -1.39. The van der Waals surface area contributed by atoms with E-state index < -0.39 is 12.1 Å². The van der Waals surface area contributed by atoms with Gasteiger partial charge in [0.15, 0.2) is 0 Å². The van der Waals surface area contributed by atoms with E-state index in [0.717, 1.165) is 5.56 Å². The van der Waals surface area contributed by atoms with E-state index in [1.54, 1.807) is 4.90 Å². The van der Waals surface area contributed by atoms with Crippen LogP contribution in [0.4, 0.5) is 0 Å². The summed E-state index contributed by atoms with van der Waals surface area (Å²) in [6.45, 7) is 1.000. The second kappa shape index (κ2) is 4.63. The molecule has 0 bridgehead atoms. The maximum atomic E-state index is 12.0. The summed E-state index contributed by atoms with van der Waals surface area (Å²) >= 11 is 0. The molecule has 2 atom stereocenters. The van der Waals surface area contributed by atoms with E-state index >= 15 is 0 Å². The number of nitrogens with zero attached hydrogens (tertiary/aromatic N) is 1. The van der Waals surface area contributed by atoms with Crippen molar-refractivity contribution in [2.24, 2.45) is 5.73 Å². The highest BCUT2D eigenvalue weighted by molar-refractivity contribution is 5.83. The Morgan fingerprint density at radius 2 is 2.12 bits per heavy atom. The molecule has 1 fully saturated rings. The van der Waals surface area contributed by atoms with Crippen molar-refractivity contribution in [3.8, 4) is 0 Å². The fraction of sp³-hybridized carbons (Fsp3) is 0.417. The summed E-state index contributed by atoms with van der Waals surface area (Å²) in [5.74, 6) is -0.109. The summed E-state index contributed by atoms with van der Waals surface area (Å²) in [5, 5.41) is 9.37. The average Bonchev–Trinajstić information content (AvgIpc) is 2.75. The van der Waals surface area contributed by atoms with Crippen molar-refractivity contribution in [2.45, 2.75) is 18.6 Å². The molecular weight excluding hydrogens is 204 g/mol. The first-order chi connectivity index (χ1) is 7.68. The van der Waals surface area contributed by atoms with Crippen LogP contribution in [0.25, 0.3) is 0 Å². The van der Waals surface area contributed by atoms with Gasteiger partial charge in [0.1, 0.15) is 6.04 Å². The van der Waals surface area contributed by atoms with Crippen molar-refractivity contribution in [3.05, 3.63) is 35.9 Å². The van der Waals surface area contributed by atoms with Gasteiger partial charge in [0.05, 0.1) is 6.10 Å². The van der Waals surface area contributed by atoms with Gasteiger partial charge in [-0.3, -0.25) is 4.79 Å². The number of carbonyl (C=O) groups is 1. The lowest BCUT2D eigenvalue weighted by Crippen LogP contribution is -2.37. The van der Waals surface area contributed by atoms with Crippen molar-refractivity contribution < 1.29 is 9.90 Å². The third kappa shape index (κ3) is 2.23. The highest BCUT2D eigenvalue weighted by atomic mass is 16.3. The first-order valence-electron chi connectivity index (χ1n) is 5.46. The quantitative estimate of drug-likeness (QED) is 0.752. The number of likely N-dealkylation sites (tertiary alicyclic amines) is 1. The van der Waals surface area contributed by atoms with E-state index in [1.165, 1.54) is 0 Å². The topological polar surface area (TPSA) is 66.6 Å². The van der Waals surface area contributed by atoms with Crippen LogP contribution >= 0.6 is 0 Å². The van der Waals surface area contributed by atoms with Crippen LogP contribution in [0.3, 0.4) is 0 Å². The molecule has 0 aliphatic carbocycles. The van der Waals surface area contributed by atoms with Crippen LogP contribution in [0.15, 0.2) is 30.3 Å². The number of hydrogen-bond donors (Lipinski definition) is 2. The fourth-order valence-electron chi connectivity index (χ4n) is 1.94. The van der Waals surface area contributed by atoms with Crippen LogP contribution in [-0.2, 0) is 4.79 Å². The lowest BCUT2D eigenvalue weighted by molar-refractivity contribution is -0.132. The second-order valence-electron chi connectivity index (χ2n) is 4.12. The van der Waals surface area contributed by atoms with Gasteiger partial charge in [0.2, 0.25) is 5.91 Å². The summed E-state index contributed by atoms with van der Waals surface area (Å²) in [7, 11) is 0. The third-order valence-corrected chi connectivity index (χ3v) is 2.90. The highest BCUT2D eigenvalue weighted by Gasteiger charge is 2.28. The van der Waals surface area contributed by atoms with Gasteiger partial charge in [0, 0.05) is 13.1 Å². The van der Waals surface area contributed by atoms with Gasteiger partial charge in [-0.05, 0) is 12.0 Å². The molecule has 0 spiro atoms. The lowest BCUT2D eigenvalue weighted by Gasteiger charge is -2.20. The number of nitrogens with two attached hydrogens (primary N) is 1. The number of amides is 1. The summed E-state index contributed by atoms with van der Waals surface area (Å²) in [6, 6.07) is 8.68. The van der Waals surface area contributed by atoms with Crippen molar-refractivity contribution in [1.82, 2.24) is 4.90 Å². The molecule has 2 rings (SSSR count). The van der Waals surface area contributed by atoms with Crippen LogP contribution in [0, 0.1) is 0 Å². The van der Waals surface area contributed by atoms with Gasteiger partial charge >= 0.3 is 0 Å². The third-order valence-electron chi connectivity index (χ3n) is 2.90. The molecule has 0 aromatic heterocycles. The predicted molar refractivity (Wildman–Crippen MR) is 60.6 cm³/mol. The molecule has 4 heteroatoms. The van der Waals surface area contributed by atoms with E-state index in [-0.39, 0.29) is 5.91 Å². The fourth-order valence-corrected chi connectivity index (χ4v) is 1.94. The van der Waals surface area contributed by atoms with Gasteiger partial charge < -0.3 is 15.7 Å². The van der Waals surface area contributed by atoms with E-state index in [9.17, 15) is 9.90 Å². The molecule has 0 radical (unpaired) electrons. The van der Waals surface area contributed by atoms with Gasteiger partial charge in [0.25, 0.3) is 0 Å².